The van der Waals surface area contributed by atoms with Gasteiger partial charge >= 0.3 is 19.8 Å². The summed E-state index contributed by atoms with van der Waals surface area (Å²) in [7, 11) is -5.11. The molecule has 0 spiro atoms. The van der Waals surface area contributed by atoms with E-state index in [-0.39, 0.29) is 12.8 Å². The molecule has 1 saturated carbocycles. The number of ether oxygens (including phenoxy) is 2. The highest BCUT2D eigenvalue weighted by Gasteiger charge is 2.51. The van der Waals surface area contributed by atoms with Crippen LogP contribution >= 0.6 is 7.82 Å². The van der Waals surface area contributed by atoms with Gasteiger partial charge in [0.25, 0.3) is 0 Å². The van der Waals surface area contributed by atoms with E-state index in [1.54, 1.807) is 0 Å². The summed E-state index contributed by atoms with van der Waals surface area (Å²) in [5.41, 5.74) is 0. The molecule has 0 aromatic heterocycles. The number of aliphatic hydroxyl groups excluding tert-OH is 5. The van der Waals surface area contributed by atoms with Crippen LogP contribution in [0.3, 0.4) is 0 Å². The van der Waals surface area contributed by atoms with E-state index in [0.717, 1.165) is 77.0 Å². The van der Waals surface area contributed by atoms with Crippen LogP contribution in [0, 0.1) is 0 Å². The van der Waals surface area contributed by atoms with Gasteiger partial charge in [0.05, 0.1) is 6.61 Å². The van der Waals surface area contributed by atoms with Crippen LogP contribution in [-0.4, -0.2) is 98.3 Å². The topological polar surface area (TPSA) is 210 Å². The number of phosphoric ester groups is 1. The third-order valence-corrected chi connectivity index (χ3v) is 9.75. The molecular weight excluding hydrogens is 683 g/mol. The first kappa shape index (κ1) is 47.4. The van der Waals surface area contributed by atoms with Gasteiger partial charge in [0.2, 0.25) is 0 Å². The van der Waals surface area contributed by atoms with Gasteiger partial charge in [-0.05, 0) is 51.4 Å². The third kappa shape index (κ3) is 22.2. The van der Waals surface area contributed by atoms with Crippen molar-refractivity contribution in [3.05, 3.63) is 24.3 Å². The molecular formula is C37H67O13P. The van der Waals surface area contributed by atoms with Gasteiger partial charge in [0.1, 0.15) is 43.2 Å². The van der Waals surface area contributed by atoms with E-state index in [2.05, 4.69) is 38.2 Å². The number of esters is 2. The largest absolute Gasteiger partial charge is 0.472 e. The van der Waals surface area contributed by atoms with Crippen molar-refractivity contribution in [2.75, 3.05) is 13.2 Å². The SMILES string of the molecule is CCCC/C=C/CCCCCCCC(=O)OC[C@H](COP(=O)(O)OC1C(O)C(O)C(O)[C@@H](O)C1O)OC(=O)CCCCCCC/C=C/CCCC. The Kier molecular flexibility index (Phi) is 26.7. The molecule has 0 aliphatic heterocycles. The minimum absolute atomic E-state index is 0.0851. The molecule has 0 aromatic rings. The monoisotopic (exact) mass is 750 g/mol. The molecule has 0 radical (unpaired) electrons. The molecule has 6 unspecified atom stereocenters. The molecule has 1 fully saturated rings. The lowest BCUT2D eigenvalue weighted by molar-refractivity contribution is -0.220. The summed E-state index contributed by atoms with van der Waals surface area (Å²) >= 11 is 0. The first-order valence-corrected chi connectivity index (χ1v) is 20.6. The smallest absolute Gasteiger partial charge is 0.462 e. The standard InChI is InChI=1S/C37H67O13P/c1-3-5-7-9-11-13-15-17-19-21-23-25-30(38)47-27-29(49-31(39)26-24-22-20-18-16-14-12-10-8-6-4-2)28-48-51(45,46)50-37-35(43)33(41)32(40)34(42)36(37)44/h9-12,29,32-37,40-44H,3-8,13-28H2,1-2H3,(H,45,46)/b11-9+,12-10+/t29-,32?,33-,34?,35?,36?,37?/m1/s1. The number of aliphatic hydroxyl groups is 5. The molecule has 0 amide bonds. The number of allylic oxidation sites excluding steroid dienone is 4. The minimum Gasteiger partial charge on any atom is -0.462 e. The van der Waals surface area contributed by atoms with Crippen molar-refractivity contribution < 1.29 is 63.1 Å². The number of hydrogen-bond acceptors (Lipinski definition) is 12. The zero-order valence-electron chi connectivity index (χ0n) is 30.9. The van der Waals surface area contributed by atoms with Crippen molar-refractivity contribution in [1.82, 2.24) is 0 Å². The number of carbonyl (C=O) groups excluding carboxylic acids is 2. The second-order valence-corrected chi connectivity index (χ2v) is 14.8. The number of rotatable bonds is 30. The molecule has 0 bridgehead atoms. The van der Waals surface area contributed by atoms with Crippen LogP contribution in [0.25, 0.3) is 0 Å². The predicted octanol–water partition coefficient (Wildman–Crippen LogP) is 5.72. The lowest BCUT2D eigenvalue weighted by atomic mass is 9.85. The Balaban J connectivity index is 2.57. The Morgan fingerprint density at radius 1 is 0.588 bits per heavy atom. The summed E-state index contributed by atoms with van der Waals surface area (Å²) in [4.78, 5) is 35.4. The molecule has 1 rings (SSSR count). The van der Waals surface area contributed by atoms with Gasteiger partial charge in [0, 0.05) is 12.8 Å². The van der Waals surface area contributed by atoms with Crippen molar-refractivity contribution in [2.45, 2.75) is 185 Å². The van der Waals surface area contributed by atoms with Crippen LogP contribution in [0.2, 0.25) is 0 Å². The van der Waals surface area contributed by atoms with E-state index in [9.17, 15) is 44.6 Å². The molecule has 8 atom stereocenters. The van der Waals surface area contributed by atoms with E-state index < -0.39 is 75.7 Å². The molecule has 1 aliphatic rings. The fourth-order valence-corrected chi connectivity index (χ4v) is 6.51. The van der Waals surface area contributed by atoms with Crippen molar-refractivity contribution in [3.8, 4) is 0 Å². The molecule has 51 heavy (non-hydrogen) atoms. The maximum Gasteiger partial charge on any atom is 0.472 e. The van der Waals surface area contributed by atoms with Gasteiger partial charge in [-0.1, -0.05) is 102 Å². The van der Waals surface area contributed by atoms with Crippen LogP contribution < -0.4 is 0 Å². The average Bonchev–Trinajstić information content (AvgIpc) is 3.10. The molecule has 0 saturated heterocycles. The maximum absolute atomic E-state index is 12.7. The van der Waals surface area contributed by atoms with E-state index in [0.29, 0.717) is 12.8 Å². The average molecular weight is 751 g/mol. The van der Waals surface area contributed by atoms with Crippen LogP contribution in [-0.2, 0) is 32.7 Å². The van der Waals surface area contributed by atoms with Crippen LogP contribution in [0.5, 0.6) is 0 Å². The van der Waals surface area contributed by atoms with Crippen molar-refractivity contribution in [1.29, 1.82) is 0 Å². The second-order valence-electron chi connectivity index (χ2n) is 13.4. The fourth-order valence-electron chi connectivity index (χ4n) is 5.54. The number of phosphoric acid groups is 1. The number of hydrogen-bond donors (Lipinski definition) is 6. The normalized spacial score (nSPS) is 24.2. The highest BCUT2D eigenvalue weighted by Crippen LogP contribution is 2.47. The van der Waals surface area contributed by atoms with E-state index in [4.69, 9.17) is 18.5 Å². The van der Waals surface area contributed by atoms with Gasteiger partial charge < -0.3 is 39.9 Å². The Morgan fingerprint density at radius 3 is 1.49 bits per heavy atom. The Hall–Kier alpha value is -1.67. The molecule has 0 aromatic carbocycles. The molecule has 6 N–H and O–H groups in total. The zero-order valence-corrected chi connectivity index (χ0v) is 31.8. The summed E-state index contributed by atoms with van der Waals surface area (Å²) in [6.07, 6.45) is 14.1. The summed E-state index contributed by atoms with van der Waals surface area (Å²) in [6, 6.07) is 0. The lowest BCUT2D eigenvalue weighted by Crippen LogP contribution is -2.64. The van der Waals surface area contributed by atoms with Crippen molar-refractivity contribution in [3.63, 3.8) is 0 Å². The third-order valence-electron chi connectivity index (χ3n) is 8.77. The number of unbranched alkanes of at least 4 members (excludes halogenated alkanes) is 14. The van der Waals surface area contributed by atoms with Gasteiger partial charge in [-0.15, -0.1) is 0 Å². The quantitative estimate of drug-likeness (QED) is 0.0225. The Labute approximate surface area is 305 Å². The van der Waals surface area contributed by atoms with Gasteiger partial charge in [-0.2, -0.15) is 0 Å². The Morgan fingerprint density at radius 2 is 1.00 bits per heavy atom. The Bertz CT molecular complexity index is 1010. The van der Waals surface area contributed by atoms with Crippen LogP contribution in [0.15, 0.2) is 24.3 Å². The first-order valence-electron chi connectivity index (χ1n) is 19.1. The second kappa shape index (κ2) is 28.8. The molecule has 0 heterocycles. The zero-order chi connectivity index (χ0) is 37.9. The summed E-state index contributed by atoms with van der Waals surface area (Å²) in [5, 5.41) is 49.9. The summed E-state index contributed by atoms with van der Waals surface area (Å²) in [6.45, 7) is 3.16. The minimum atomic E-state index is -5.11. The van der Waals surface area contributed by atoms with Crippen molar-refractivity contribution in [2.24, 2.45) is 0 Å². The van der Waals surface area contributed by atoms with E-state index >= 15 is 0 Å². The molecule has 298 valence electrons. The maximum atomic E-state index is 12.7. The van der Waals surface area contributed by atoms with Gasteiger partial charge in [-0.25, -0.2) is 4.57 Å². The molecule has 13 nitrogen and oxygen atoms in total. The summed E-state index contributed by atoms with van der Waals surface area (Å²) in [5.74, 6) is -1.13. The highest BCUT2D eigenvalue weighted by atomic mass is 31.2. The van der Waals surface area contributed by atoms with Crippen LogP contribution in [0.4, 0.5) is 0 Å². The van der Waals surface area contributed by atoms with E-state index in [1.165, 1.54) is 25.7 Å². The molecule has 1 aliphatic carbocycles. The van der Waals surface area contributed by atoms with Gasteiger partial charge in [-0.3, -0.25) is 18.6 Å². The lowest BCUT2D eigenvalue weighted by Gasteiger charge is -2.41. The predicted molar refractivity (Wildman–Crippen MR) is 193 cm³/mol. The van der Waals surface area contributed by atoms with Crippen LogP contribution in [0.1, 0.15) is 142 Å². The van der Waals surface area contributed by atoms with Crippen molar-refractivity contribution >= 4 is 19.8 Å². The van der Waals surface area contributed by atoms with E-state index in [1.807, 2.05) is 0 Å². The highest BCUT2D eigenvalue weighted by molar-refractivity contribution is 7.47. The molecule has 14 heteroatoms. The summed E-state index contributed by atoms with van der Waals surface area (Å²) < 4.78 is 33.3. The fraction of sp³-hybridized carbons (Fsp3) is 0.838. The first-order chi connectivity index (χ1) is 24.4. The van der Waals surface area contributed by atoms with Gasteiger partial charge in [0.15, 0.2) is 6.10 Å². The number of carbonyl (C=O) groups is 2.